The Kier molecular flexibility index (Phi) is 7.41. The Morgan fingerprint density at radius 3 is 2.41 bits per heavy atom. The van der Waals surface area contributed by atoms with Crippen LogP contribution in [0.15, 0.2) is 95.5 Å². The summed E-state index contributed by atoms with van der Waals surface area (Å²) in [6, 6.07) is 29.6. The average Bonchev–Trinajstić information content (AvgIpc) is 2.83. The Morgan fingerprint density at radius 1 is 0.781 bits per heavy atom. The molecule has 0 aliphatic rings. The molecule has 0 fully saturated rings. The summed E-state index contributed by atoms with van der Waals surface area (Å²) in [5, 5.41) is 5.04. The Labute approximate surface area is 196 Å². The van der Waals surface area contributed by atoms with Crippen LogP contribution in [0.1, 0.15) is 12.0 Å². The maximum absolute atomic E-state index is 12.5. The molecule has 0 bridgehead atoms. The van der Waals surface area contributed by atoms with E-state index in [0.29, 0.717) is 23.8 Å². The van der Waals surface area contributed by atoms with Crippen molar-refractivity contribution in [1.82, 2.24) is 0 Å². The highest BCUT2D eigenvalue weighted by Gasteiger charge is 2.11. The van der Waals surface area contributed by atoms with Crippen LogP contribution in [0.3, 0.4) is 0 Å². The molecule has 0 atom stereocenters. The van der Waals surface area contributed by atoms with Gasteiger partial charge in [-0.3, -0.25) is 4.79 Å². The van der Waals surface area contributed by atoms with Crippen molar-refractivity contribution in [2.24, 2.45) is 0 Å². The van der Waals surface area contributed by atoms with Crippen LogP contribution >= 0.6 is 15.9 Å². The predicted molar refractivity (Wildman–Crippen MR) is 132 cm³/mol. The summed E-state index contributed by atoms with van der Waals surface area (Å²) < 4.78 is 12.5. The van der Waals surface area contributed by atoms with Crippen molar-refractivity contribution >= 4 is 38.3 Å². The number of anilines is 1. The maximum atomic E-state index is 12.5. The van der Waals surface area contributed by atoms with Gasteiger partial charge >= 0.3 is 0 Å². The van der Waals surface area contributed by atoms with Gasteiger partial charge in [0.1, 0.15) is 11.5 Å². The molecule has 4 nitrogen and oxygen atoms in total. The van der Waals surface area contributed by atoms with Crippen LogP contribution in [0.2, 0.25) is 0 Å². The quantitative estimate of drug-likeness (QED) is 0.268. The van der Waals surface area contributed by atoms with Gasteiger partial charge < -0.3 is 14.8 Å². The van der Waals surface area contributed by atoms with Crippen molar-refractivity contribution in [1.29, 1.82) is 0 Å². The number of benzene rings is 4. The van der Waals surface area contributed by atoms with Gasteiger partial charge in [-0.1, -0.05) is 72.8 Å². The van der Waals surface area contributed by atoms with Gasteiger partial charge in [0.05, 0.1) is 16.8 Å². The molecule has 0 saturated heterocycles. The highest BCUT2D eigenvalue weighted by molar-refractivity contribution is 9.10. The van der Waals surface area contributed by atoms with Crippen molar-refractivity contribution in [3.05, 3.63) is 101 Å². The molecule has 32 heavy (non-hydrogen) atoms. The summed E-state index contributed by atoms with van der Waals surface area (Å²) in [5.74, 6) is 1.04. The van der Waals surface area contributed by atoms with E-state index in [1.165, 1.54) is 5.56 Å². The number of hydrogen-bond acceptors (Lipinski definition) is 3. The Hall–Kier alpha value is -3.31. The number of carbonyl (C=O) groups excluding carboxylic acids is 1. The first-order valence-corrected chi connectivity index (χ1v) is 11.4. The fourth-order valence-electron chi connectivity index (χ4n) is 3.45. The van der Waals surface area contributed by atoms with Crippen molar-refractivity contribution in [2.75, 3.05) is 18.5 Å². The maximum Gasteiger partial charge on any atom is 0.262 e. The molecule has 5 heteroatoms. The monoisotopic (exact) mass is 489 g/mol. The molecule has 0 aliphatic carbocycles. The minimum atomic E-state index is -0.245. The summed E-state index contributed by atoms with van der Waals surface area (Å²) in [4.78, 5) is 12.5. The van der Waals surface area contributed by atoms with E-state index in [0.717, 1.165) is 28.1 Å². The SMILES string of the molecule is O=C(COc1ccc2ccccc2c1Br)Nc1ccccc1OCCCc1ccccc1. The highest BCUT2D eigenvalue weighted by Crippen LogP contribution is 2.33. The lowest BCUT2D eigenvalue weighted by molar-refractivity contribution is -0.118. The molecule has 0 radical (unpaired) electrons. The van der Waals surface area contributed by atoms with Crippen LogP contribution in [-0.4, -0.2) is 19.1 Å². The first kappa shape index (κ1) is 21.9. The average molecular weight is 490 g/mol. The van der Waals surface area contributed by atoms with E-state index in [1.807, 2.05) is 78.9 Å². The fourth-order valence-corrected chi connectivity index (χ4v) is 4.06. The van der Waals surface area contributed by atoms with E-state index < -0.39 is 0 Å². The van der Waals surface area contributed by atoms with Gasteiger partial charge in [0.25, 0.3) is 5.91 Å². The molecule has 4 aromatic rings. The second kappa shape index (κ2) is 10.8. The standard InChI is InChI=1S/C27H24BrNO3/c28-27-22-13-5-4-12-21(22)16-17-25(27)32-19-26(30)29-23-14-6-7-15-24(23)31-18-8-11-20-9-2-1-3-10-20/h1-7,9-10,12-17H,8,11,18-19H2,(H,29,30). The highest BCUT2D eigenvalue weighted by atomic mass is 79.9. The molecular weight excluding hydrogens is 466 g/mol. The number of halogens is 1. The number of nitrogens with one attached hydrogen (secondary N) is 1. The van der Waals surface area contributed by atoms with Crippen molar-refractivity contribution in [3.8, 4) is 11.5 Å². The first-order chi connectivity index (χ1) is 15.7. The van der Waals surface area contributed by atoms with E-state index in [2.05, 4.69) is 33.4 Å². The number of amides is 1. The second-order valence-corrected chi connectivity index (χ2v) is 8.16. The predicted octanol–water partition coefficient (Wildman–Crippen LogP) is 6.63. The zero-order valence-electron chi connectivity index (χ0n) is 17.6. The van der Waals surface area contributed by atoms with Gasteiger partial charge in [-0.15, -0.1) is 0 Å². The lowest BCUT2D eigenvalue weighted by atomic mass is 10.1. The van der Waals surface area contributed by atoms with Gasteiger partial charge in [-0.25, -0.2) is 0 Å². The number of rotatable bonds is 9. The summed E-state index contributed by atoms with van der Waals surface area (Å²) >= 11 is 3.59. The zero-order valence-corrected chi connectivity index (χ0v) is 19.2. The fraction of sp³-hybridized carbons (Fsp3) is 0.148. The lowest BCUT2D eigenvalue weighted by Crippen LogP contribution is -2.20. The number of fused-ring (bicyclic) bond motifs is 1. The van der Waals surface area contributed by atoms with Gasteiger partial charge in [0.15, 0.2) is 6.61 Å². The van der Waals surface area contributed by atoms with Crippen LogP contribution < -0.4 is 14.8 Å². The molecule has 4 aromatic carbocycles. The van der Waals surface area contributed by atoms with Crippen molar-refractivity contribution in [3.63, 3.8) is 0 Å². The van der Waals surface area contributed by atoms with Crippen LogP contribution in [0.25, 0.3) is 10.8 Å². The van der Waals surface area contributed by atoms with E-state index in [9.17, 15) is 4.79 Å². The Balaban J connectivity index is 1.31. The molecule has 0 heterocycles. The van der Waals surface area contributed by atoms with Gasteiger partial charge in [-0.2, -0.15) is 0 Å². The summed E-state index contributed by atoms with van der Waals surface area (Å²) in [7, 11) is 0. The summed E-state index contributed by atoms with van der Waals surface area (Å²) in [6.45, 7) is 0.474. The van der Waals surface area contributed by atoms with Crippen molar-refractivity contribution in [2.45, 2.75) is 12.8 Å². The second-order valence-electron chi connectivity index (χ2n) is 7.37. The van der Waals surface area contributed by atoms with Crippen LogP contribution in [0.5, 0.6) is 11.5 Å². The van der Waals surface area contributed by atoms with E-state index >= 15 is 0 Å². The van der Waals surface area contributed by atoms with E-state index in [-0.39, 0.29) is 12.5 Å². The number of aryl methyl sites for hydroxylation is 1. The topological polar surface area (TPSA) is 47.6 Å². The molecule has 0 spiro atoms. The van der Waals surface area contributed by atoms with E-state index in [1.54, 1.807) is 0 Å². The van der Waals surface area contributed by atoms with Gasteiger partial charge in [-0.05, 0) is 63.3 Å². The molecule has 0 saturated carbocycles. The minimum absolute atomic E-state index is 0.0979. The molecule has 1 N–H and O–H groups in total. The molecule has 0 unspecified atom stereocenters. The third-order valence-corrected chi connectivity index (χ3v) is 5.88. The largest absolute Gasteiger partial charge is 0.491 e. The Morgan fingerprint density at radius 2 is 1.53 bits per heavy atom. The molecule has 162 valence electrons. The van der Waals surface area contributed by atoms with Crippen molar-refractivity contribution < 1.29 is 14.3 Å². The number of hydrogen-bond donors (Lipinski definition) is 1. The third-order valence-electron chi connectivity index (χ3n) is 5.06. The van der Waals surface area contributed by atoms with Gasteiger partial charge in [0.2, 0.25) is 0 Å². The number of para-hydroxylation sites is 2. The van der Waals surface area contributed by atoms with E-state index in [4.69, 9.17) is 9.47 Å². The van der Waals surface area contributed by atoms with Gasteiger partial charge in [0, 0.05) is 0 Å². The summed E-state index contributed by atoms with van der Waals surface area (Å²) in [6.07, 6.45) is 1.84. The molecule has 0 aliphatic heterocycles. The molecule has 4 rings (SSSR count). The Bertz CT molecular complexity index is 1190. The first-order valence-electron chi connectivity index (χ1n) is 10.6. The number of ether oxygens (including phenoxy) is 2. The zero-order chi connectivity index (χ0) is 22.2. The molecule has 1 amide bonds. The molecule has 0 aromatic heterocycles. The van der Waals surface area contributed by atoms with Crippen LogP contribution in [-0.2, 0) is 11.2 Å². The number of carbonyl (C=O) groups is 1. The normalized spacial score (nSPS) is 10.7. The van der Waals surface area contributed by atoms with Crippen LogP contribution in [0.4, 0.5) is 5.69 Å². The summed E-state index contributed by atoms with van der Waals surface area (Å²) in [5.41, 5.74) is 1.92. The minimum Gasteiger partial charge on any atom is -0.491 e. The smallest absolute Gasteiger partial charge is 0.262 e. The lowest BCUT2D eigenvalue weighted by Gasteiger charge is -2.14. The third kappa shape index (κ3) is 5.68. The molecular formula is C27H24BrNO3. The van der Waals surface area contributed by atoms with Crippen LogP contribution in [0, 0.1) is 0 Å².